The summed E-state index contributed by atoms with van der Waals surface area (Å²) in [6.07, 6.45) is 1.80. The number of ether oxygens (including phenoxy) is 1. The van der Waals surface area contributed by atoms with E-state index in [2.05, 4.69) is 51.0 Å². The lowest BCUT2D eigenvalue weighted by Crippen LogP contribution is -2.24. The van der Waals surface area contributed by atoms with Gasteiger partial charge in [0.15, 0.2) is 0 Å². The van der Waals surface area contributed by atoms with Crippen molar-refractivity contribution >= 4 is 0 Å². The maximum absolute atomic E-state index is 12.7. The first-order chi connectivity index (χ1) is 14.4. The smallest absolute Gasteiger partial charge is 0.271 e. The molecule has 4 rings (SSSR count). The molecule has 5 nitrogen and oxygen atoms in total. The molecule has 1 atom stereocenters. The normalized spacial score (nSPS) is 13.6. The summed E-state index contributed by atoms with van der Waals surface area (Å²) in [5.41, 5.74) is 6.23. The maximum Gasteiger partial charge on any atom is 0.271 e. The molecule has 0 N–H and O–H groups in total. The van der Waals surface area contributed by atoms with Gasteiger partial charge in [-0.05, 0) is 75.3 Å². The van der Waals surface area contributed by atoms with Gasteiger partial charge in [-0.2, -0.15) is 9.78 Å². The summed E-state index contributed by atoms with van der Waals surface area (Å²) in [6.45, 7) is 5.89. The van der Waals surface area contributed by atoms with Crippen LogP contribution >= 0.6 is 0 Å². The number of fused-ring (bicyclic) bond motifs is 3. The molecule has 1 unspecified atom stereocenters. The third-order valence-corrected chi connectivity index (χ3v) is 5.49. The molecule has 2 aromatic carbocycles. The molecule has 0 aliphatic heterocycles. The molecule has 1 aliphatic carbocycles. The highest BCUT2D eigenvalue weighted by Crippen LogP contribution is 2.32. The molecular weight excluding hydrogens is 374 g/mol. The van der Waals surface area contributed by atoms with Crippen molar-refractivity contribution < 1.29 is 4.74 Å². The molecule has 0 saturated carbocycles. The van der Waals surface area contributed by atoms with Crippen LogP contribution in [-0.4, -0.2) is 41.9 Å². The van der Waals surface area contributed by atoms with Crippen LogP contribution in [0.15, 0.2) is 53.3 Å². The van der Waals surface area contributed by atoms with Crippen LogP contribution in [0.25, 0.3) is 16.9 Å². The van der Waals surface area contributed by atoms with Crippen LogP contribution in [0.3, 0.4) is 0 Å². The monoisotopic (exact) mass is 403 g/mol. The van der Waals surface area contributed by atoms with Crippen LogP contribution in [0.1, 0.15) is 23.6 Å². The Labute approximate surface area is 177 Å². The van der Waals surface area contributed by atoms with E-state index in [4.69, 9.17) is 9.84 Å². The molecule has 0 amide bonds. The molecule has 0 fully saturated rings. The number of benzene rings is 2. The number of aromatic nitrogens is 2. The Kier molecular flexibility index (Phi) is 5.73. The van der Waals surface area contributed by atoms with Crippen molar-refractivity contribution in [3.8, 4) is 22.7 Å². The summed E-state index contributed by atoms with van der Waals surface area (Å²) in [5.74, 6) is 1.24. The van der Waals surface area contributed by atoms with Crippen LogP contribution in [0.2, 0.25) is 0 Å². The zero-order valence-electron chi connectivity index (χ0n) is 18.2. The van der Waals surface area contributed by atoms with Gasteiger partial charge in [0.25, 0.3) is 5.56 Å². The van der Waals surface area contributed by atoms with Crippen molar-refractivity contribution in [1.29, 1.82) is 0 Å². The average Bonchev–Trinajstić information content (AvgIpc) is 2.71. The topological polar surface area (TPSA) is 47.4 Å². The standard InChI is InChI=1S/C25H29N3O2/c1-17-5-6-19-7-8-20-14-24(29)28(26-25(20)23(19)13-17)21-9-11-22(12-10-21)30-16-18(2)15-27(3)4/h5-6,9-14,18H,7-8,15-16H2,1-4H3. The van der Waals surface area contributed by atoms with E-state index in [9.17, 15) is 4.79 Å². The fourth-order valence-electron chi connectivity index (χ4n) is 4.09. The molecule has 156 valence electrons. The fourth-order valence-corrected chi connectivity index (χ4v) is 4.09. The average molecular weight is 404 g/mol. The van der Waals surface area contributed by atoms with Gasteiger partial charge in [-0.15, -0.1) is 0 Å². The Bertz CT molecular complexity index is 1100. The van der Waals surface area contributed by atoms with E-state index >= 15 is 0 Å². The van der Waals surface area contributed by atoms with Gasteiger partial charge in [0.2, 0.25) is 0 Å². The third kappa shape index (κ3) is 4.31. The number of hydrogen-bond acceptors (Lipinski definition) is 4. The second kappa shape index (κ2) is 8.44. The van der Waals surface area contributed by atoms with E-state index in [1.54, 1.807) is 6.07 Å². The minimum atomic E-state index is -0.0990. The zero-order valence-corrected chi connectivity index (χ0v) is 18.2. The molecule has 0 saturated heterocycles. The van der Waals surface area contributed by atoms with Crippen LogP contribution in [0.5, 0.6) is 5.75 Å². The van der Waals surface area contributed by atoms with Crippen molar-refractivity contribution in [2.75, 3.05) is 27.2 Å². The second-order valence-electron chi connectivity index (χ2n) is 8.60. The minimum Gasteiger partial charge on any atom is -0.493 e. The Morgan fingerprint density at radius 3 is 2.53 bits per heavy atom. The Balaban J connectivity index is 1.59. The number of nitrogens with zero attached hydrogens (tertiary/aromatic N) is 3. The molecule has 1 aromatic heterocycles. The lowest BCUT2D eigenvalue weighted by molar-refractivity contribution is 0.222. The lowest BCUT2D eigenvalue weighted by atomic mass is 9.88. The summed E-state index contributed by atoms with van der Waals surface area (Å²) in [5, 5.41) is 4.76. The minimum absolute atomic E-state index is 0.0990. The third-order valence-electron chi connectivity index (χ3n) is 5.49. The number of aryl methyl sites for hydroxylation is 3. The summed E-state index contributed by atoms with van der Waals surface area (Å²) >= 11 is 0. The molecule has 0 spiro atoms. The van der Waals surface area contributed by atoms with Crippen LogP contribution in [0, 0.1) is 12.8 Å². The van der Waals surface area contributed by atoms with Crippen LogP contribution in [-0.2, 0) is 12.8 Å². The quantitative estimate of drug-likeness (QED) is 0.627. The van der Waals surface area contributed by atoms with Crippen molar-refractivity contribution in [3.63, 3.8) is 0 Å². The number of rotatable bonds is 6. The first-order valence-corrected chi connectivity index (χ1v) is 10.5. The van der Waals surface area contributed by atoms with Gasteiger partial charge >= 0.3 is 0 Å². The fraction of sp³-hybridized carbons (Fsp3) is 0.360. The molecule has 3 aromatic rings. The highest BCUT2D eigenvalue weighted by molar-refractivity contribution is 5.70. The first kappa shape index (κ1) is 20.4. The predicted octanol–water partition coefficient (Wildman–Crippen LogP) is 3.88. The largest absolute Gasteiger partial charge is 0.493 e. The van der Waals surface area contributed by atoms with E-state index in [-0.39, 0.29) is 5.56 Å². The van der Waals surface area contributed by atoms with Crippen LogP contribution < -0.4 is 10.3 Å². The molecule has 5 heteroatoms. The first-order valence-electron chi connectivity index (χ1n) is 10.5. The van der Waals surface area contributed by atoms with Crippen LogP contribution in [0.4, 0.5) is 0 Å². The SMILES string of the molecule is Cc1ccc2c(c1)-c1nn(-c3ccc(OCC(C)CN(C)C)cc3)c(=O)cc1CC2. The summed E-state index contributed by atoms with van der Waals surface area (Å²) < 4.78 is 7.40. The lowest BCUT2D eigenvalue weighted by Gasteiger charge is -2.20. The molecule has 0 radical (unpaired) electrons. The van der Waals surface area contributed by atoms with Crippen molar-refractivity contribution in [1.82, 2.24) is 14.7 Å². The maximum atomic E-state index is 12.7. The Hall–Kier alpha value is -2.92. The number of hydrogen-bond donors (Lipinski definition) is 0. The Morgan fingerprint density at radius 1 is 1.07 bits per heavy atom. The van der Waals surface area contributed by atoms with Crippen molar-refractivity contribution in [2.45, 2.75) is 26.7 Å². The Morgan fingerprint density at radius 2 is 1.80 bits per heavy atom. The van der Waals surface area contributed by atoms with E-state index in [1.807, 2.05) is 24.3 Å². The van der Waals surface area contributed by atoms with E-state index in [0.29, 0.717) is 12.5 Å². The van der Waals surface area contributed by atoms with E-state index < -0.39 is 0 Å². The van der Waals surface area contributed by atoms with Gasteiger partial charge < -0.3 is 9.64 Å². The van der Waals surface area contributed by atoms with Gasteiger partial charge in [0.05, 0.1) is 18.0 Å². The molecule has 1 heterocycles. The van der Waals surface area contributed by atoms with Gasteiger partial charge in [0.1, 0.15) is 5.75 Å². The van der Waals surface area contributed by atoms with Gasteiger partial charge in [-0.1, -0.05) is 24.6 Å². The van der Waals surface area contributed by atoms with Gasteiger partial charge in [-0.3, -0.25) is 4.79 Å². The summed E-state index contributed by atoms with van der Waals surface area (Å²) in [4.78, 5) is 14.9. The highest BCUT2D eigenvalue weighted by atomic mass is 16.5. The van der Waals surface area contributed by atoms with E-state index in [0.717, 1.165) is 47.6 Å². The van der Waals surface area contributed by atoms with Crippen molar-refractivity contribution in [3.05, 3.63) is 75.6 Å². The summed E-state index contributed by atoms with van der Waals surface area (Å²) in [7, 11) is 4.13. The molecule has 1 aliphatic rings. The summed E-state index contributed by atoms with van der Waals surface area (Å²) in [6, 6.07) is 15.8. The highest BCUT2D eigenvalue weighted by Gasteiger charge is 2.20. The van der Waals surface area contributed by atoms with Crippen molar-refractivity contribution in [2.24, 2.45) is 5.92 Å². The zero-order chi connectivity index (χ0) is 21.3. The van der Waals surface area contributed by atoms with E-state index in [1.165, 1.54) is 15.8 Å². The second-order valence-corrected chi connectivity index (χ2v) is 8.60. The molecular formula is C25H29N3O2. The van der Waals surface area contributed by atoms with Gasteiger partial charge in [-0.25, -0.2) is 0 Å². The van der Waals surface area contributed by atoms with Gasteiger partial charge in [0, 0.05) is 24.1 Å². The predicted molar refractivity (Wildman–Crippen MR) is 121 cm³/mol. The molecule has 30 heavy (non-hydrogen) atoms. The molecule has 0 bridgehead atoms.